The van der Waals surface area contributed by atoms with E-state index in [-0.39, 0.29) is 18.4 Å². The first-order chi connectivity index (χ1) is 14.7. The number of amides is 2. The zero-order valence-electron chi connectivity index (χ0n) is 17.5. The van der Waals surface area contributed by atoms with E-state index in [0.29, 0.717) is 17.9 Å². The molecule has 0 N–H and O–H groups in total. The van der Waals surface area contributed by atoms with Crippen molar-refractivity contribution < 1.29 is 14.3 Å². The van der Waals surface area contributed by atoms with Gasteiger partial charge in [-0.1, -0.05) is 49.4 Å². The highest BCUT2D eigenvalue weighted by Gasteiger charge is 2.41. The van der Waals surface area contributed by atoms with Crippen LogP contribution in [-0.4, -0.2) is 41.3 Å². The van der Waals surface area contributed by atoms with Gasteiger partial charge in [-0.25, -0.2) is 0 Å². The Bertz CT molecular complexity index is 929. The van der Waals surface area contributed by atoms with Crippen LogP contribution in [0, 0.1) is 0 Å². The van der Waals surface area contributed by atoms with Gasteiger partial charge in [0.1, 0.15) is 11.4 Å². The van der Waals surface area contributed by atoms with E-state index in [1.807, 2.05) is 54.6 Å². The standard InChI is InChI=1S/C25H28N2O3/c1-2-17-30-21-13-11-20(12-14-21)22-23(26-15-7-4-8-16-26)25(29)27(24(22)28)18-19-9-5-3-6-10-19/h3,5-6,9-14H,2,4,7-8,15-18H2,1H3. The van der Waals surface area contributed by atoms with Gasteiger partial charge in [-0.05, 0) is 48.9 Å². The zero-order valence-corrected chi connectivity index (χ0v) is 17.5. The van der Waals surface area contributed by atoms with Gasteiger partial charge in [0.25, 0.3) is 11.8 Å². The van der Waals surface area contributed by atoms with Crippen molar-refractivity contribution in [3.8, 4) is 5.75 Å². The van der Waals surface area contributed by atoms with Crippen LogP contribution < -0.4 is 4.74 Å². The third kappa shape index (κ3) is 4.11. The number of imide groups is 1. The highest BCUT2D eigenvalue weighted by molar-refractivity contribution is 6.35. The van der Waals surface area contributed by atoms with Crippen LogP contribution in [0.3, 0.4) is 0 Å². The van der Waals surface area contributed by atoms with Gasteiger partial charge in [0.05, 0.1) is 18.7 Å². The van der Waals surface area contributed by atoms with E-state index in [0.717, 1.165) is 49.2 Å². The number of ether oxygens (including phenoxy) is 1. The molecule has 2 aromatic rings. The van der Waals surface area contributed by atoms with Crippen molar-refractivity contribution in [1.82, 2.24) is 9.80 Å². The van der Waals surface area contributed by atoms with E-state index >= 15 is 0 Å². The van der Waals surface area contributed by atoms with Crippen molar-refractivity contribution in [3.05, 3.63) is 71.4 Å². The molecule has 4 rings (SSSR count). The molecule has 0 aromatic heterocycles. The summed E-state index contributed by atoms with van der Waals surface area (Å²) in [6, 6.07) is 17.2. The Kier molecular flexibility index (Phi) is 6.17. The van der Waals surface area contributed by atoms with Gasteiger partial charge in [0.2, 0.25) is 0 Å². The van der Waals surface area contributed by atoms with Crippen LogP contribution >= 0.6 is 0 Å². The maximum atomic E-state index is 13.4. The first kappa shape index (κ1) is 20.2. The summed E-state index contributed by atoms with van der Waals surface area (Å²) in [5.74, 6) is 0.373. The number of carbonyl (C=O) groups is 2. The molecule has 2 aromatic carbocycles. The fraction of sp³-hybridized carbons (Fsp3) is 0.360. The average Bonchev–Trinajstić information content (AvgIpc) is 3.04. The van der Waals surface area contributed by atoms with E-state index in [1.54, 1.807) is 0 Å². The Morgan fingerprint density at radius 1 is 0.867 bits per heavy atom. The summed E-state index contributed by atoms with van der Waals surface area (Å²) in [5, 5.41) is 0. The van der Waals surface area contributed by atoms with Gasteiger partial charge in [0.15, 0.2) is 0 Å². The van der Waals surface area contributed by atoms with E-state index < -0.39 is 0 Å². The van der Waals surface area contributed by atoms with Crippen molar-refractivity contribution in [1.29, 1.82) is 0 Å². The lowest BCUT2D eigenvalue weighted by Gasteiger charge is -2.29. The van der Waals surface area contributed by atoms with E-state index in [9.17, 15) is 9.59 Å². The highest BCUT2D eigenvalue weighted by Crippen LogP contribution is 2.34. The number of nitrogens with zero attached hydrogens (tertiary/aromatic N) is 2. The molecule has 2 aliphatic rings. The van der Waals surface area contributed by atoms with Gasteiger partial charge in [-0.2, -0.15) is 0 Å². The molecular weight excluding hydrogens is 376 g/mol. The third-order valence-electron chi connectivity index (χ3n) is 5.62. The zero-order chi connectivity index (χ0) is 20.9. The van der Waals surface area contributed by atoms with Crippen molar-refractivity contribution >= 4 is 17.4 Å². The van der Waals surface area contributed by atoms with Crippen LogP contribution in [0.2, 0.25) is 0 Å². The summed E-state index contributed by atoms with van der Waals surface area (Å²) in [6.07, 6.45) is 4.19. The van der Waals surface area contributed by atoms with Gasteiger partial charge >= 0.3 is 0 Å². The Morgan fingerprint density at radius 2 is 1.57 bits per heavy atom. The van der Waals surface area contributed by atoms with E-state index in [1.165, 1.54) is 11.3 Å². The number of likely N-dealkylation sites (tertiary alicyclic amines) is 1. The predicted octanol–water partition coefficient (Wildman–Crippen LogP) is 4.24. The number of hydrogen-bond acceptors (Lipinski definition) is 4. The number of rotatable bonds is 7. The Morgan fingerprint density at radius 3 is 2.23 bits per heavy atom. The largest absolute Gasteiger partial charge is 0.494 e. The number of hydrogen-bond donors (Lipinski definition) is 0. The van der Waals surface area contributed by atoms with Gasteiger partial charge in [-0.3, -0.25) is 14.5 Å². The van der Waals surface area contributed by atoms with E-state index in [4.69, 9.17) is 4.74 Å². The molecule has 0 unspecified atom stereocenters. The van der Waals surface area contributed by atoms with Crippen LogP contribution in [0.4, 0.5) is 0 Å². The van der Waals surface area contributed by atoms with Crippen LogP contribution in [0.25, 0.3) is 5.57 Å². The molecule has 0 atom stereocenters. The lowest BCUT2D eigenvalue weighted by Crippen LogP contribution is -2.36. The molecule has 5 nitrogen and oxygen atoms in total. The van der Waals surface area contributed by atoms with Crippen molar-refractivity contribution in [3.63, 3.8) is 0 Å². The molecule has 30 heavy (non-hydrogen) atoms. The highest BCUT2D eigenvalue weighted by atomic mass is 16.5. The van der Waals surface area contributed by atoms with Crippen molar-refractivity contribution in [2.45, 2.75) is 39.2 Å². The third-order valence-corrected chi connectivity index (χ3v) is 5.62. The smallest absolute Gasteiger partial charge is 0.278 e. The summed E-state index contributed by atoms with van der Waals surface area (Å²) in [4.78, 5) is 30.3. The van der Waals surface area contributed by atoms with Gasteiger partial charge < -0.3 is 9.64 Å². The van der Waals surface area contributed by atoms with Crippen LogP contribution in [0.5, 0.6) is 5.75 Å². The summed E-state index contributed by atoms with van der Waals surface area (Å²) in [5.41, 5.74) is 2.79. The van der Waals surface area contributed by atoms with Crippen LogP contribution in [-0.2, 0) is 16.1 Å². The Hall–Kier alpha value is -3.08. The lowest BCUT2D eigenvalue weighted by molar-refractivity contribution is -0.138. The first-order valence-corrected chi connectivity index (χ1v) is 10.8. The van der Waals surface area contributed by atoms with E-state index in [2.05, 4.69) is 11.8 Å². The van der Waals surface area contributed by atoms with Gasteiger partial charge in [-0.15, -0.1) is 0 Å². The minimum atomic E-state index is -0.216. The second-order valence-corrected chi connectivity index (χ2v) is 7.83. The SMILES string of the molecule is CCCOc1ccc(C2=C(N3CCCCC3)C(=O)N(Cc3ccccc3)C2=O)cc1. The molecule has 1 fully saturated rings. The molecule has 0 radical (unpaired) electrons. The second-order valence-electron chi connectivity index (χ2n) is 7.83. The molecule has 2 aliphatic heterocycles. The number of piperidine rings is 1. The monoisotopic (exact) mass is 404 g/mol. The van der Waals surface area contributed by atoms with Crippen LogP contribution in [0.1, 0.15) is 43.7 Å². The minimum Gasteiger partial charge on any atom is -0.494 e. The molecular formula is C25H28N2O3. The van der Waals surface area contributed by atoms with Crippen molar-refractivity contribution in [2.24, 2.45) is 0 Å². The number of carbonyl (C=O) groups excluding carboxylic acids is 2. The summed E-state index contributed by atoms with van der Waals surface area (Å²) in [7, 11) is 0. The average molecular weight is 405 g/mol. The Labute approximate surface area is 177 Å². The lowest BCUT2D eigenvalue weighted by atomic mass is 10.0. The molecule has 156 valence electrons. The molecule has 2 amide bonds. The second kappa shape index (κ2) is 9.16. The molecule has 5 heteroatoms. The molecule has 1 saturated heterocycles. The first-order valence-electron chi connectivity index (χ1n) is 10.8. The minimum absolute atomic E-state index is 0.188. The van der Waals surface area contributed by atoms with Crippen molar-refractivity contribution in [2.75, 3.05) is 19.7 Å². The quantitative estimate of drug-likeness (QED) is 0.648. The summed E-state index contributed by atoms with van der Waals surface area (Å²) >= 11 is 0. The fourth-order valence-corrected chi connectivity index (χ4v) is 4.08. The fourth-order valence-electron chi connectivity index (χ4n) is 4.08. The Balaban J connectivity index is 1.67. The summed E-state index contributed by atoms with van der Waals surface area (Å²) in [6.45, 7) is 4.64. The molecule has 0 saturated carbocycles. The predicted molar refractivity (Wildman–Crippen MR) is 117 cm³/mol. The molecule has 0 bridgehead atoms. The topological polar surface area (TPSA) is 49.9 Å². The van der Waals surface area contributed by atoms with Crippen LogP contribution in [0.15, 0.2) is 60.3 Å². The normalized spacial score (nSPS) is 17.1. The molecule has 0 spiro atoms. The summed E-state index contributed by atoms with van der Waals surface area (Å²) < 4.78 is 5.68. The number of benzene rings is 2. The van der Waals surface area contributed by atoms with Gasteiger partial charge in [0, 0.05) is 13.1 Å². The maximum Gasteiger partial charge on any atom is 0.278 e. The maximum absolute atomic E-state index is 13.4. The molecule has 2 heterocycles. The molecule has 0 aliphatic carbocycles.